The van der Waals surface area contributed by atoms with Crippen molar-refractivity contribution in [1.82, 2.24) is 9.47 Å². The van der Waals surface area contributed by atoms with Gasteiger partial charge in [0.1, 0.15) is 0 Å². The first-order valence-corrected chi connectivity index (χ1v) is 10.5. The van der Waals surface area contributed by atoms with Gasteiger partial charge in [0, 0.05) is 54.1 Å². The molecule has 0 amide bonds. The monoisotopic (exact) mass is 351 g/mol. The fraction of sp³-hybridized carbons (Fsp3) is 0.609. The van der Waals surface area contributed by atoms with Crippen molar-refractivity contribution in [3.8, 4) is 0 Å². The molecule has 3 nitrogen and oxygen atoms in total. The Kier molecular flexibility index (Phi) is 5.17. The standard InChI is InChI=1S/C23H33N3/c1-17(2)18-7-9-20(10-8-18)25-13-11-21(12-14-25)26-16-19(15-24)22-5-3-4-6-23(22)26/h3-6,15-18,20-21,24H,7-14H2,1-2H3/t18-,20+. The highest BCUT2D eigenvalue weighted by Gasteiger charge is 2.30. The summed E-state index contributed by atoms with van der Waals surface area (Å²) < 4.78 is 2.45. The zero-order valence-electron chi connectivity index (χ0n) is 16.3. The predicted molar refractivity (Wildman–Crippen MR) is 110 cm³/mol. The maximum atomic E-state index is 7.72. The molecule has 1 aliphatic heterocycles. The van der Waals surface area contributed by atoms with Crippen LogP contribution in [0.1, 0.15) is 64.0 Å². The molecule has 1 N–H and O–H groups in total. The molecular formula is C23H33N3. The van der Waals surface area contributed by atoms with Gasteiger partial charge in [-0.3, -0.25) is 0 Å². The summed E-state index contributed by atoms with van der Waals surface area (Å²) >= 11 is 0. The first kappa shape index (κ1) is 17.8. The van der Waals surface area contributed by atoms with Crippen LogP contribution in [0.5, 0.6) is 0 Å². The van der Waals surface area contributed by atoms with Crippen molar-refractivity contribution >= 4 is 17.1 Å². The Morgan fingerprint density at radius 1 is 0.962 bits per heavy atom. The number of hydrogen-bond donors (Lipinski definition) is 1. The number of aromatic nitrogens is 1. The SMILES string of the molecule is CC(C)[C@H]1CC[C@@H](N2CCC(n3cc(C=N)c4ccccc43)CC2)CC1. The van der Waals surface area contributed by atoms with Crippen molar-refractivity contribution in [2.24, 2.45) is 11.8 Å². The third-order valence-corrected chi connectivity index (χ3v) is 7.02. The molecule has 2 fully saturated rings. The highest BCUT2D eigenvalue weighted by molar-refractivity contribution is 5.98. The van der Waals surface area contributed by atoms with Crippen LogP contribution in [-0.4, -0.2) is 34.8 Å². The Balaban J connectivity index is 1.41. The number of likely N-dealkylation sites (tertiary alicyclic amines) is 1. The summed E-state index contributed by atoms with van der Waals surface area (Å²) in [5.41, 5.74) is 2.34. The van der Waals surface area contributed by atoms with Gasteiger partial charge in [0.05, 0.1) is 0 Å². The van der Waals surface area contributed by atoms with Gasteiger partial charge in [-0.05, 0) is 56.4 Å². The summed E-state index contributed by atoms with van der Waals surface area (Å²) in [5.74, 6) is 1.81. The summed E-state index contributed by atoms with van der Waals surface area (Å²) in [5, 5.41) is 8.94. The van der Waals surface area contributed by atoms with Crippen molar-refractivity contribution in [2.75, 3.05) is 13.1 Å². The zero-order chi connectivity index (χ0) is 18.1. The second kappa shape index (κ2) is 7.56. The van der Waals surface area contributed by atoms with Crippen LogP contribution in [0, 0.1) is 17.2 Å². The first-order valence-electron chi connectivity index (χ1n) is 10.5. The number of nitrogens with one attached hydrogen (secondary N) is 1. The van der Waals surface area contributed by atoms with Gasteiger partial charge in [0.25, 0.3) is 0 Å². The van der Waals surface area contributed by atoms with E-state index in [4.69, 9.17) is 5.41 Å². The van der Waals surface area contributed by atoms with E-state index in [0.29, 0.717) is 6.04 Å². The van der Waals surface area contributed by atoms with E-state index in [1.54, 1.807) is 0 Å². The summed E-state index contributed by atoms with van der Waals surface area (Å²) in [6, 6.07) is 9.96. The van der Waals surface area contributed by atoms with Gasteiger partial charge in [-0.15, -0.1) is 0 Å². The minimum Gasteiger partial charge on any atom is -0.344 e. The topological polar surface area (TPSA) is 32.0 Å². The smallest absolute Gasteiger partial charge is 0.0489 e. The number of piperidine rings is 1. The molecule has 1 saturated carbocycles. The Hall–Kier alpha value is -1.61. The zero-order valence-corrected chi connectivity index (χ0v) is 16.3. The Bertz CT molecular complexity index is 744. The molecule has 2 aromatic rings. The van der Waals surface area contributed by atoms with E-state index in [1.165, 1.54) is 68.7 Å². The second-order valence-electron chi connectivity index (χ2n) is 8.73. The number of rotatable bonds is 4. The molecule has 1 aromatic heterocycles. The van der Waals surface area contributed by atoms with Gasteiger partial charge in [-0.2, -0.15) is 0 Å². The van der Waals surface area contributed by atoms with Crippen molar-refractivity contribution in [3.05, 3.63) is 36.0 Å². The maximum Gasteiger partial charge on any atom is 0.0489 e. The Labute approximate surface area is 157 Å². The van der Waals surface area contributed by atoms with Gasteiger partial charge in [0.2, 0.25) is 0 Å². The van der Waals surface area contributed by atoms with Gasteiger partial charge >= 0.3 is 0 Å². The molecule has 26 heavy (non-hydrogen) atoms. The van der Waals surface area contributed by atoms with Gasteiger partial charge in [0.15, 0.2) is 0 Å². The van der Waals surface area contributed by atoms with Crippen LogP contribution in [0.25, 0.3) is 10.9 Å². The van der Waals surface area contributed by atoms with Crippen molar-refractivity contribution < 1.29 is 0 Å². The van der Waals surface area contributed by atoms with E-state index in [2.05, 4.69) is 53.8 Å². The summed E-state index contributed by atoms with van der Waals surface area (Å²) in [6.45, 7) is 7.24. The number of benzene rings is 1. The lowest BCUT2D eigenvalue weighted by Crippen LogP contribution is -2.43. The molecule has 1 aromatic carbocycles. The highest BCUT2D eigenvalue weighted by atomic mass is 15.2. The molecular weight excluding hydrogens is 318 g/mol. The lowest BCUT2D eigenvalue weighted by atomic mass is 9.79. The van der Waals surface area contributed by atoms with Crippen LogP contribution in [0.4, 0.5) is 0 Å². The molecule has 4 rings (SSSR count). The molecule has 0 unspecified atom stereocenters. The molecule has 0 spiro atoms. The van der Waals surface area contributed by atoms with Crippen LogP contribution in [0.15, 0.2) is 30.5 Å². The molecule has 1 saturated heterocycles. The Morgan fingerprint density at radius 3 is 2.31 bits per heavy atom. The highest BCUT2D eigenvalue weighted by Crippen LogP contribution is 2.35. The lowest BCUT2D eigenvalue weighted by Gasteiger charge is -2.42. The number of hydrogen-bond acceptors (Lipinski definition) is 2. The van der Waals surface area contributed by atoms with Crippen molar-refractivity contribution in [2.45, 2.75) is 64.5 Å². The Morgan fingerprint density at radius 2 is 1.65 bits per heavy atom. The van der Waals surface area contributed by atoms with E-state index in [9.17, 15) is 0 Å². The minimum atomic E-state index is 0.580. The number of nitrogens with zero attached hydrogens (tertiary/aromatic N) is 2. The van der Waals surface area contributed by atoms with E-state index in [-0.39, 0.29) is 0 Å². The quantitative estimate of drug-likeness (QED) is 0.726. The molecule has 2 heterocycles. The normalized spacial score (nSPS) is 25.8. The summed E-state index contributed by atoms with van der Waals surface area (Å²) in [6.07, 6.45) is 11.8. The fourth-order valence-corrected chi connectivity index (χ4v) is 5.31. The molecule has 140 valence electrons. The average molecular weight is 352 g/mol. The van der Waals surface area contributed by atoms with E-state index in [0.717, 1.165) is 23.4 Å². The lowest BCUT2D eigenvalue weighted by molar-refractivity contribution is 0.0894. The van der Waals surface area contributed by atoms with E-state index < -0.39 is 0 Å². The minimum absolute atomic E-state index is 0.580. The largest absolute Gasteiger partial charge is 0.344 e. The second-order valence-corrected chi connectivity index (χ2v) is 8.73. The van der Waals surface area contributed by atoms with Crippen LogP contribution in [0.3, 0.4) is 0 Å². The third kappa shape index (κ3) is 3.34. The molecule has 3 heteroatoms. The summed E-state index contributed by atoms with van der Waals surface area (Å²) in [7, 11) is 0. The molecule has 0 atom stereocenters. The molecule has 2 aliphatic rings. The van der Waals surface area contributed by atoms with Crippen LogP contribution in [0.2, 0.25) is 0 Å². The fourth-order valence-electron chi connectivity index (χ4n) is 5.31. The van der Waals surface area contributed by atoms with Gasteiger partial charge in [-0.1, -0.05) is 32.0 Å². The maximum absolute atomic E-state index is 7.72. The van der Waals surface area contributed by atoms with Crippen LogP contribution < -0.4 is 0 Å². The molecule has 0 bridgehead atoms. The predicted octanol–water partition coefficient (Wildman–Crippen LogP) is 5.49. The molecule has 1 aliphatic carbocycles. The average Bonchev–Trinajstić information content (AvgIpc) is 3.07. The number of fused-ring (bicyclic) bond motifs is 1. The van der Waals surface area contributed by atoms with Gasteiger partial charge in [-0.25, -0.2) is 0 Å². The van der Waals surface area contributed by atoms with E-state index in [1.807, 2.05) is 0 Å². The van der Waals surface area contributed by atoms with Crippen LogP contribution >= 0.6 is 0 Å². The number of para-hydroxylation sites is 1. The van der Waals surface area contributed by atoms with Crippen molar-refractivity contribution in [1.29, 1.82) is 5.41 Å². The third-order valence-electron chi connectivity index (χ3n) is 7.02. The molecule has 0 radical (unpaired) electrons. The van der Waals surface area contributed by atoms with Crippen LogP contribution in [-0.2, 0) is 0 Å². The summed E-state index contributed by atoms with van der Waals surface area (Å²) in [4.78, 5) is 2.77. The first-order chi connectivity index (χ1) is 12.7. The van der Waals surface area contributed by atoms with Crippen molar-refractivity contribution in [3.63, 3.8) is 0 Å². The van der Waals surface area contributed by atoms with E-state index >= 15 is 0 Å². The van der Waals surface area contributed by atoms with Gasteiger partial charge < -0.3 is 14.9 Å².